The molecule has 0 saturated carbocycles. The molecule has 2 aromatic carbocycles. The highest BCUT2D eigenvalue weighted by molar-refractivity contribution is 7.89. The molecule has 0 bridgehead atoms. The van der Waals surface area contributed by atoms with Crippen molar-refractivity contribution >= 4 is 21.4 Å². The topological polar surface area (TPSA) is 92.5 Å². The van der Waals surface area contributed by atoms with Gasteiger partial charge in [-0.3, -0.25) is 10.1 Å². The Bertz CT molecular complexity index is 1140. The van der Waals surface area contributed by atoms with Crippen molar-refractivity contribution in [3.8, 4) is 0 Å². The Morgan fingerprint density at radius 1 is 1.10 bits per heavy atom. The molecule has 7 nitrogen and oxygen atoms in total. The fraction of sp³-hybridized carbons (Fsp3) is 0.364. The maximum Gasteiger partial charge on any atom is 0.269 e. The third-order valence-electron chi connectivity index (χ3n) is 6.48. The molecule has 30 heavy (non-hydrogen) atoms. The first-order valence-electron chi connectivity index (χ1n) is 10.3. The van der Waals surface area contributed by atoms with Gasteiger partial charge in [0.05, 0.1) is 15.9 Å². The number of nitrogens with zero attached hydrogens (tertiary/aromatic N) is 2. The van der Waals surface area contributed by atoms with Gasteiger partial charge < -0.3 is 5.32 Å². The Morgan fingerprint density at radius 2 is 1.90 bits per heavy atom. The van der Waals surface area contributed by atoms with E-state index >= 15 is 0 Å². The molecule has 3 unspecified atom stereocenters. The lowest BCUT2D eigenvalue weighted by Crippen LogP contribution is -2.30. The van der Waals surface area contributed by atoms with Crippen LogP contribution in [-0.2, 0) is 10.0 Å². The zero-order valence-electron chi connectivity index (χ0n) is 16.4. The van der Waals surface area contributed by atoms with Crippen LogP contribution in [0.1, 0.15) is 42.3 Å². The average molecular weight is 426 g/mol. The molecule has 1 aliphatic carbocycles. The molecule has 1 fully saturated rings. The maximum atomic E-state index is 13.0. The summed E-state index contributed by atoms with van der Waals surface area (Å²) >= 11 is 0. The van der Waals surface area contributed by atoms with Crippen LogP contribution >= 0.6 is 0 Å². The molecule has 3 atom stereocenters. The quantitative estimate of drug-likeness (QED) is 0.450. The SMILES string of the molecule is O=[N+]([O-])c1cccc(C2Nc3ccc(S(=O)(=O)N4CCCC4)cc3C3C=CCC32)c1. The van der Waals surface area contributed by atoms with Gasteiger partial charge >= 0.3 is 0 Å². The second-order valence-corrected chi connectivity index (χ2v) is 10.1. The molecule has 2 heterocycles. The Balaban J connectivity index is 1.53. The van der Waals surface area contributed by atoms with Gasteiger partial charge in [0.2, 0.25) is 10.0 Å². The molecule has 0 aromatic heterocycles. The second kappa shape index (κ2) is 7.21. The number of fused-ring (bicyclic) bond motifs is 3. The molecule has 3 aliphatic rings. The van der Waals surface area contributed by atoms with Crippen molar-refractivity contribution in [1.29, 1.82) is 0 Å². The summed E-state index contributed by atoms with van der Waals surface area (Å²) in [6.45, 7) is 1.16. The molecule has 5 rings (SSSR count). The number of nitro benzene ring substituents is 1. The van der Waals surface area contributed by atoms with Gasteiger partial charge in [-0.25, -0.2) is 8.42 Å². The summed E-state index contributed by atoms with van der Waals surface area (Å²) < 4.78 is 27.6. The normalized spacial score (nSPS) is 25.5. The summed E-state index contributed by atoms with van der Waals surface area (Å²) in [5.41, 5.74) is 2.83. The molecule has 8 heteroatoms. The van der Waals surface area contributed by atoms with Crippen LogP contribution in [0.4, 0.5) is 11.4 Å². The van der Waals surface area contributed by atoms with Crippen LogP contribution in [0.15, 0.2) is 59.5 Å². The number of hydrogen-bond donors (Lipinski definition) is 1. The van der Waals surface area contributed by atoms with E-state index < -0.39 is 10.0 Å². The van der Waals surface area contributed by atoms with E-state index in [1.165, 1.54) is 6.07 Å². The van der Waals surface area contributed by atoms with E-state index in [1.54, 1.807) is 22.5 Å². The first kappa shape index (κ1) is 19.3. The molecule has 1 saturated heterocycles. The minimum atomic E-state index is -3.48. The van der Waals surface area contributed by atoms with Gasteiger partial charge in [0.25, 0.3) is 5.69 Å². The highest BCUT2D eigenvalue weighted by atomic mass is 32.2. The predicted octanol–water partition coefficient (Wildman–Crippen LogP) is 4.21. The lowest BCUT2D eigenvalue weighted by molar-refractivity contribution is -0.384. The Hall–Kier alpha value is -2.71. The zero-order valence-corrected chi connectivity index (χ0v) is 17.2. The van der Waals surface area contributed by atoms with Crippen molar-refractivity contribution in [1.82, 2.24) is 4.31 Å². The van der Waals surface area contributed by atoms with Gasteiger partial charge in [-0.05, 0) is 54.5 Å². The number of anilines is 1. The molecule has 0 amide bonds. The van der Waals surface area contributed by atoms with E-state index in [0.717, 1.165) is 36.1 Å². The summed E-state index contributed by atoms with van der Waals surface area (Å²) in [4.78, 5) is 11.2. The van der Waals surface area contributed by atoms with Crippen molar-refractivity contribution in [2.45, 2.75) is 36.1 Å². The van der Waals surface area contributed by atoms with Gasteiger partial charge in [-0.2, -0.15) is 4.31 Å². The largest absolute Gasteiger partial charge is 0.378 e. The second-order valence-electron chi connectivity index (χ2n) is 8.19. The van der Waals surface area contributed by atoms with Crippen LogP contribution in [0.5, 0.6) is 0 Å². The lowest BCUT2D eigenvalue weighted by Gasteiger charge is -2.37. The van der Waals surface area contributed by atoms with Crippen LogP contribution < -0.4 is 5.32 Å². The number of rotatable bonds is 4. The van der Waals surface area contributed by atoms with Crippen LogP contribution in [0, 0.1) is 16.0 Å². The van der Waals surface area contributed by atoms with Crippen LogP contribution in [-0.4, -0.2) is 30.7 Å². The van der Waals surface area contributed by atoms with Gasteiger partial charge in [-0.15, -0.1) is 0 Å². The number of sulfonamides is 1. The summed E-state index contributed by atoms with van der Waals surface area (Å²) in [5.74, 6) is 0.267. The summed E-state index contributed by atoms with van der Waals surface area (Å²) in [7, 11) is -3.48. The fourth-order valence-corrected chi connectivity index (χ4v) is 6.53. The molecular formula is C22H23N3O4S. The van der Waals surface area contributed by atoms with E-state index in [4.69, 9.17) is 0 Å². The van der Waals surface area contributed by atoms with Gasteiger partial charge in [-0.1, -0.05) is 24.3 Å². The standard InChI is InChI=1S/C22H23N3O4S/c26-25(27)16-6-3-5-15(13-16)22-19-8-4-7-18(19)20-14-17(9-10-21(20)23-22)30(28,29)24-11-1-2-12-24/h3-7,9-10,13-14,18-19,22-23H,1-2,8,11-12H2. The molecular weight excluding hydrogens is 402 g/mol. The van der Waals surface area contributed by atoms with Gasteiger partial charge in [0, 0.05) is 36.8 Å². The number of nitrogens with one attached hydrogen (secondary N) is 1. The Labute approximate surface area is 175 Å². The first-order valence-corrected chi connectivity index (χ1v) is 11.7. The van der Waals surface area contributed by atoms with E-state index in [-0.39, 0.29) is 28.5 Å². The number of non-ortho nitro benzene ring substituents is 1. The Kier molecular flexibility index (Phi) is 4.63. The number of hydrogen-bond acceptors (Lipinski definition) is 5. The number of benzene rings is 2. The smallest absolute Gasteiger partial charge is 0.269 e. The van der Waals surface area contributed by atoms with Crippen molar-refractivity contribution < 1.29 is 13.3 Å². The van der Waals surface area contributed by atoms with Crippen molar-refractivity contribution in [3.63, 3.8) is 0 Å². The first-order chi connectivity index (χ1) is 14.4. The third-order valence-corrected chi connectivity index (χ3v) is 8.37. The van der Waals surface area contributed by atoms with Crippen molar-refractivity contribution in [2.24, 2.45) is 5.92 Å². The van der Waals surface area contributed by atoms with Crippen molar-refractivity contribution in [3.05, 3.63) is 75.9 Å². The molecule has 2 aromatic rings. The minimum Gasteiger partial charge on any atom is -0.378 e. The minimum absolute atomic E-state index is 0.0709. The third kappa shape index (κ3) is 3.11. The van der Waals surface area contributed by atoms with Crippen LogP contribution in [0.3, 0.4) is 0 Å². The monoisotopic (exact) mass is 425 g/mol. The van der Waals surface area contributed by atoms with Gasteiger partial charge in [0.15, 0.2) is 0 Å². The molecule has 0 radical (unpaired) electrons. The highest BCUT2D eigenvalue weighted by Crippen LogP contribution is 2.50. The van der Waals surface area contributed by atoms with E-state index in [9.17, 15) is 18.5 Å². The summed E-state index contributed by atoms with van der Waals surface area (Å²) in [5, 5.41) is 14.7. The number of nitro groups is 1. The van der Waals surface area contributed by atoms with E-state index in [1.807, 2.05) is 18.2 Å². The maximum absolute atomic E-state index is 13.0. The van der Waals surface area contributed by atoms with Crippen molar-refractivity contribution in [2.75, 3.05) is 18.4 Å². The Morgan fingerprint density at radius 3 is 2.67 bits per heavy atom. The molecule has 156 valence electrons. The summed E-state index contributed by atoms with van der Waals surface area (Å²) in [6.07, 6.45) is 6.92. The van der Waals surface area contributed by atoms with E-state index in [0.29, 0.717) is 18.0 Å². The van der Waals surface area contributed by atoms with Gasteiger partial charge in [0.1, 0.15) is 0 Å². The average Bonchev–Trinajstić information content (AvgIpc) is 3.45. The molecule has 1 N–H and O–H groups in total. The summed E-state index contributed by atoms with van der Waals surface area (Å²) in [6, 6.07) is 12.0. The predicted molar refractivity (Wildman–Crippen MR) is 114 cm³/mol. The van der Waals surface area contributed by atoms with Crippen LogP contribution in [0.25, 0.3) is 0 Å². The van der Waals surface area contributed by atoms with E-state index in [2.05, 4.69) is 17.5 Å². The highest BCUT2D eigenvalue weighted by Gasteiger charge is 2.39. The fourth-order valence-electron chi connectivity index (χ4n) is 4.97. The zero-order chi connectivity index (χ0) is 20.9. The van der Waals surface area contributed by atoms with Crippen LogP contribution in [0.2, 0.25) is 0 Å². The molecule has 2 aliphatic heterocycles. The number of allylic oxidation sites excluding steroid dienone is 2. The molecule has 0 spiro atoms. The lowest BCUT2D eigenvalue weighted by atomic mass is 9.77.